The summed E-state index contributed by atoms with van der Waals surface area (Å²) in [5.74, 6) is 1.18. The second-order valence-corrected chi connectivity index (χ2v) is 5.35. The molecule has 1 aliphatic rings. The summed E-state index contributed by atoms with van der Waals surface area (Å²) in [5.41, 5.74) is 1.49. The summed E-state index contributed by atoms with van der Waals surface area (Å²) in [4.78, 5) is 20.4. The van der Waals surface area contributed by atoms with Gasteiger partial charge in [-0.25, -0.2) is 9.97 Å². The summed E-state index contributed by atoms with van der Waals surface area (Å²) < 4.78 is 0. The van der Waals surface area contributed by atoms with Crippen molar-refractivity contribution in [2.75, 3.05) is 0 Å². The van der Waals surface area contributed by atoms with Gasteiger partial charge >= 0.3 is 0 Å². The Morgan fingerprint density at radius 3 is 2.45 bits per heavy atom. The minimum absolute atomic E-state index is 0.165. The summed E-state index contributed by atoms with van der Waals surface area (Å²) in [5, 5.41) is 3.52. The molecule has 1 saturated carbocycles. The highest BCUT2D eigenvalue weighted by Crippen LogP contribution is 2.37. The zero-order valence-corrected chi connectivity index (χ0v) is 11.6. The van der Waals surface area contributed by atoms with Gasteiger partial charge in [-0.3, -0.25) is 4.79 Å². The van der Waals surface area contributed by atoms with Gasteiger partial charge in [0.1, 0.15) is 5.82 Å². The molecule has 0 radical (unpaired) electrons. The molecule has 1 aliphatic carbocycles. The van der Waals surface area contributed by atoms with Crippen LogP contribution >= 0.6 is 11.6 Å². The molecule has 0 unspecified atom stereocenters. The summed E-state index contributed by atoms with van der Waals surface area (Å²) in [6.45, 7) is 0.459. The fraction of sp³-hybridized carbons (Fsp3) is 0.267. The van der Waals surface area contributed by atoms with E-state index in [4.69, 9.17) is 11.6 Å². The van der Waals surface area contributed by atoms with Crippen LogP contribution < -0.4 is 5.32 Å². The average Bonchev–Trinajstić information content (AvgIpc) is 3.31. The fourth-order valence-electron chi connectivity index (χ4n) is 1.89. The summed E-state index contributed by atoms with van der Waals surface area (Å²) >= 11 is 5.81. The number of amides is 1. The van der Waals surface area contributed by atoms with Crippen molar-refractivity contribution in [1.82, 2.24) is 15.3 Å². The maximum atomic E-state index is 12.0. The zero-order chi connectivity index (χ0) is 13.9. The molecule has 0 saturated heterocycles. The quantitative estimate of drug-likeness (QED) is 0.940. The van der Waals surface area contributed by atoms with E-state index in [0.29, 0.717) is 23.0 Å². The molecule has 1 N–H and O–H groups in total. The molecule has 0 bridgehead atoms. The van der Waals surface area contributed by atoms with Crippen molar-refractivity contribution in [3.05, 3.63) is 58.6 Å². The molecular weight excluding hydrogens is 274 g/mol. The van der Waals surface area contributed by atoms with Gasteiger partial charge in [0.05, 0.1) is 5.56 Å². The minimum atomic E-state index is -0.165. The second-order valence-electron chi connectivity index (χ2n) is 4.91. The maximum absolute atomic E-state index is 12.0. The Labute approximate surface area is 122 Å². The molecule has 3 rings (SSSR count). The summed E-state index contributed by atoms with van der Waals surface area (Å²) in [6, 6.07) is 7.37. The zero-order valence-electron chi connectivity index (χ0n) is 10.8. The van der Waals surface area contributed by atoms with E-state index < -0.39 is 0 Å². The Bertz CT molecular complexity index is 606. The fourth-order valence-corrected chi connectivity index (χ4v) is 2.02. The van der Waals surface area contributed by atoms with E-state index in [0.717, 1.165) is 24.2 Å². The van der Waals surface area contributed by atoms with Crippen LogP contribution in [0.5, 0.6) is 0 Å². The molecule has 1 aromatic heterocycles. The highest BCUT2D eigenvalue weighted by molar-refractivity contribution is 6.30. The third kappa shape index (κ3) is 3.14. The number of hydrogen-bond acceptors (Lipinski definition) is 3. The van der Waals surface area contributed by atoms with Gasteiger partial charge in [-0.1, -0.05) is 23.7 Å². The molecule has 0 spiro atoms. The first-order valence-corrected chi connectivity index (χ1v) is 6.95. The number of rotatable bonds is 4. The van der Waals surface area contributed by atoms with Crippen molar-refractivity contribution < 1.29 is 4.79 Å². The van der Waals surface area contributed by atoms with Crippen molar-refractivity contribution >= 4 is 17.5 Å². The first kappa shape index (κ1) is 13.1. The number of carbonyl (C=O) groups is 1. The van der Waals surface area contributed by atoms with Crippen molar-refractivity contribution in [3.63, 3.8) is 0 Å². The van der Waals surface area contributed by atoms with Crippen molar-refractivity contribution in [1.29, 1.82) is 0 Å². The van der Waals surface area contributed by atoms with E-state index in [-0.39, 0.29) is 5.91 Å². The third-order valence-corrected chi connectivity index (χ3v) is 3.49. The minimum Gasteiger partial charge on any atom is -0.348 e. The van der Waals surface area contributed by atoms with Crippen LogP contribution in [0.2, 0.25) is 5.02 Å². The number of nitrogens with zero attached hydrogens (tertiary/aromatic N) is 2. The molecule has 1 heterocycles. The normalized spacial score (nSPS) is 14.1. The standard InChI is InChI=1S/C15H14ClN3O/c16-13-5-1-10(2-6-13)7-19-15(20)12-8-17-14(18-9-12)11-3-4-11/h1-2,5-6,8-9,11H,3-4,7H2,(H,19,20). The predicted molar refractivity (Wildman–Crippen MR) is 76.6 cm³/mol. The number of benzene rings is 1. The molecule has 5 heteroatoms. The average molecular weight is 288 g/mol. The number of aromatic nitrogens is 2. The lowest BCUT2D eigenvalue weighted by atomic mass is 10.2. The summed E-state index contributed by atoms with van der Waals surface area (Å²) in [6.07, 6.45) is 5.50. The largest absolute Gasteiger partial charge is 0.348 e. The lowest BCUT2D eigenvalue weighted by molar-refractivity contribution is 0.0950. The Kier molecular flexibility index (Phi) is 3.65. The van der Waals surface area contributed by atoms with Gasteiger partial charge in [0.15, 0.2) is 0 Å². The van der Waals surface area contributed by atoms with Crippen molar-refractivity contribution in [2.45, 2.75) is 25.3 Å². The molecule has 1 fully saturated rings. The van der Waals surface area contributed by atoms with Crippen LogP contribution in [-0.4, -0.2) is 15.9 Å². The van der Waals surface area contributed by atoms with Gasteiger partial charge in [0.2, 0.25) is 0 Å². The van der Waals surface area contributed by atoms with Crippen LogP contribution in [0, 0.1) is 0 Å². The van der Waals surface area contributed by atoms with E-state index >= 15 is 0 Å². The van der Waals surface area contributed by atoms with E-state index in [1.807, 2.05) is 12.1 Å². The number of carbonyl (C=O) groups excluding carboxylic acids is 1. The molecule has 102 valence electrons. The topological polar surface area (TPSA) is 54.9 Å². The molecular formula is C15H14ClN3O. The molecule has 0 atom stereocenters. The molecule has 1 aromatic carbocycles. The SMILES string of the molecule is O=C(NCc1ccc(Cl)cc1)c1cnc(C2CC2)nc1. The number of halogens is 1. The molecule has 2 aromatic rings. The lowest BCUT2D eigenvalue weighted by Gasteiger charge is -2.05. The molecule has 4 nitrogen and oxygen atoms in total. The van der Waals surface area contributed by atoms with Crippen molar-refractivity contribution in [3.8, 4) is 0 Å². The van der Waals surface area contributed by atoms with Crippen LogP contribution in [0.4, 0.5) is 0 Å². The molecule has 20 heavy (non-hydrogen) atoms. The van der Waals surface area contributed by atoms with Crippen LogP contribution in [0.3, 0.4) is 0 Å². The first-order chi connectivity index (χ1) is 9.72. The first-order valence-electron chi connectivity index (χ1n) is 6.57. The Morgan fingerprint density at radius 1 is 1.20 bits per heavy atom. The molecule has 0 aliphatic heterocycles. The van der Waals surface area contributed by atoms with E-state index in [2.05, 4.69) is 15.3 Å². The van der Waals surface area contributed by atoms with Gasteiger partial charge in [-0.15, -0.1) is 0 Å². The van der Waals surface area contributed by atoms with Crippen LogP contribution in [0.25, 0.3) is 0 Å². The van der Waals surface area contributed by atoms with Gasteiger partial charge in [-0.2, -0.15) is 0 Å². The van der Waals surface area contributed by atoms with E-state index in [9.17, 15) is 4.79 Å². The van der Waals surface area contributed by atoms with Crippen LogP contribution in [-0.2, 0) is 6.54 Å². The van der Waals surface area contributed by atoms with E-state index in [1.54, 1.807) is 24.5 Å². The lowest BCUT2D eigenvalue weighted by Crippen LogP contribution is -2.23. The second kappa shape index (κ2) is 5.59. The third-order valence-electron chi connectivity index (χ3n) is 3.24. The summed E-state index contributed by atoms with van der Waals surface area (Å²) in [7, 11) is 0. The van der Waals surface area contributed by atoms with Gasteiger partial charge in [0.25, 0.3) is 5.91 Å². The van der Waals surface area contributed by atoms with Crippen LogP contribution in [0.15, 0.2) is 36.7 Å². The highest BCUT2D eigenvalue weighted by Gasteiger charge is 2.26. The van der Waals surface area contributed by atoms with Gasteiger partial charge in [-0.05, 0) is 30.5 Å². The van der Waals surface area contributed by atoms with E-state index in [1.165, 1.54) is 0 Å². The van der Waals surface area contributed by atoms with Crippen LogP contribution in [0.1, 0.15) is 40.5 Å². The van der Waals surface area contributed by atoms with Gasteiger partial charge < -0.3 is 5.32 Å². The van der Waals surface area contributed by atoms with Crippen molar-refractivity contribution in [2.24, 2.45) is 0 Å². The highest BCUT2D eigenvalue weighted by atomic mass is 35.5. The van der Waals surface area contributed by atoms with Gasteiger partial charge in [0, 0.05) is 29.9 Å². The molecule has 1 amide bonds. The Hall–Kier alpha value is -1.94. The monoisotopic (exact) mass is 287 g/mol. The maximum Gasteiger partial charge on any atom is 0.254 e. The predicted octanol–water partition coefficient (Wildman–Crippen LogP) is 2.94. The number of nitrogens with one attached hydrogen (secondary N) is 1. The smallest absolute Gasteiger partial charge is 0.254 e. The Morgan fingerprint density at radius 2 is 1.85 bits per heavy atom. The Balaban J connectivity index is 1.59. The number of hydrogen-bond donors (Lipinski definition) is 1.